The third-order valence-corrected chi connectivity index (χ3v) is 7.12. The number of aliphatic hydroxyl groups excluding tert-OH is 2. The fourth-order valence-electron chi connectivity index (χ4n) is 5.38. The Kier molecular flexibility index (Phi) is 5.54. The monoisotopic (exact) mass is 356 g/mol. The number of hydrogen-bond donors (Lipinski definition) is 2. The first-order valence-electron chi connectivity index (χ1n) is 9.99. The highest BCUT2D eigenvalue weighted by atomic mass is 16.7. The van der Waals surface area contributed by atoms with Crippen LogP contribution in [0.1, 0.15) is 60.3 Å². The van der Waals surface area contributed by atoms with Crippen molar-refractivity contribution < 1.29 is 24.4 Å². The molecule has 0 aromatic rings. The van der Waals surface area contributed by atoms with Gasteiger partial charge in [-0.2, -0.15) is 0 Å². The van der Waals surface area contributed by atoms with E-state index in [4.69, 9.17) is 14.2 Å². The average molecular weight is 357 g/mol. The van der Waals surface area contributed by atoms with E-state index < -0.39 is 12.6 Å². The molecule has 2 bridgehead atoms. The molecule has 2 N–H and O–H groups in total. The molecule has 146 valence electrons. The third kappa shape index (κ3) is 3.39. The van der Waals surface area contributed by atoms with Crippen molar-refractivity contribution in [1.82, 2.24) is 0 Å². The van der Waals surface area contributed by atoms with Crippen LogP contribution >= 0.6 is 0 Å². The first-order chi connectivity index (χ1) is 11.7. The minimum absolute atomic E-state index is 0.00675. The maximum atomic E-state index is 10.5. The van der Waals surface area contributed by atoms with Crippen LogP contribution in [0.5, 0.6) is 0 Å². The second-order valence-electron chi connectivity index (χ2n) is 9.23. The van der Waals surface area contributed by atoms with E-state index in [1.54, 1.807) is 0 Å². The van der Waals surface area contributed by atoms with Crippen molar-refractivity contribution in [3.05, 3.63) is 0 Å². The lowest BCUT2D eigenvalue weighted by Crippen LogP contribution is -2.60. The van der Waals surface area contributed by atoms with Gasteiger partial charge in [0.15, 0.2) is 12.6 Å². The number of ether oxygens (including phenoxy) is 3. The molecule has 25 heavy (non-hydrogen) atoms. The van der Waals surface area contributed by atoms with E-state index in [9.17, 15) is 10.2 Å². The standard InChI is InChI=1S/C20H36O5/c1-6-19(5,9-12(2)3)18(22)24-11-15(21)25-17-16-13(4)20(17)10-14(20)7-8-23-16/h12-18,21-22H,6-11H2,1-5H3. The van der Waals surface area contributed by atoms with Crippen LogP contribution in [-0.4, -0.2) is 48.2 Å². The number of rotatable bonds is 9. The third-order valence-electron chi connectivity index (χ3n) is 7.12. The fourth-order valence-corrected chi connectivity index (χ4v) is 5.38. The minimum Gasteiger partial charge on any atom is -0.375 e. The summed E-state index contributed by atoms with van der Waals surface area (Å²) in [4.78, 5) is 0. The topological polar surface area (TPSA) is 68.2 Å². The van der Waals surface area contributed by atoms with Crippen LogP contribution < -0.4 is 0 Å². The van der Waals surface area contributed by atoms with E-state index in [2.05, 4.69) is 27.7 Å². The highest BCUT2D eigenvalue weighted by Crippen LogP contribution is 2.72. The molecule has 4 fully saturated rings. The average Bonchev–Trinajstić information content (AvgIpc) is 3.32. The molecule has 2 heterocycles. The summed E-state index contributed by atoms with van der Waals surface area (Å²) in [5, 5.41) is 20.8. The van der Waals surface area contributed by atoms with Gasteiger partial charge in [0.05, 0.1) is 12.2 Å². The second-order valence-corrected chi connectivity index (χ2v) is 9.23. The maximum Gasteiger partial charge on any atom is 0.178 e. The molecule has 2 saturated heterocycles. The zero-order chi connectivity index (χ0) is 18.4. The summed E-state index contributed by atoms with van der Waals surface area (Å²) in [5.74, 6) is 1.67. The van der Waals surface area contributed by atoms with Crippen molar-refractivity contribution in [2.75, 3.05) is 13.2 Å². The molecule has 5 heteroatoms. The van der Waals surface area contributed by atoms with Gasteiger partial charge in [0.2, 0.25) is 0 Å². The number of aliphatic hydroxyl groups is 2. The summed E-state index contributed by atoms with van der Waals surface area (Å²) in [6.07, 6.45) is 2.14. The quantitative estimate of drug-likeness (QED) is 0.622. The molecule has 8 unspecified atom stereocenters. The van der Waals surface area contributed by atoms with Gasteiger partial charge in [0, 0.05) is 17.4 Å². The molecule has 2 aliphatic carbocycles. The molecule has 5 nitrogen and oxygen atoms in total. The number of fused-ring (bicyclic) bond motifs is 2. The molecule has 0 amide bonds. The van der Waals surface area contributed by atoms with Gasteiger partial charge in [-0.25, -0.2) is 0 Å². The Bertz CT molecular complexity index is 469. The molecule has 0 aromatic heterocycles. The van der Waals surface area contributed by atoms with Crippen LogP contribution in [0, 0.1) is 28.6 Å². The summed E-state index contributed by atoms with van der Waals surface area (Å²) in [6, 6.07) is 0. The van der Waals surface area contributed by atoms with Crippen LogP contribution in [0.25, 0.3) is 0 Å². The molecule has 1 spiro atoms. The molecule has 4 rings (SSSR count). The first-order valence-corrected chi connectivity index (χ1v) is 9.99. The smallest absolute Gasteiger partial charge is 0.178 e. The molecule has 2 aliphatic heterocycles. The Labute approximate surface area is 152 Å². The predicted octanol–water partition coefficient (Wildman–Crippen LogP) is 2.93. The lowest BCUT2D eigenvalue weighted by Gasteiger charge is -2.50. The summed E-state index contributed by atoms with van der Waals surface area (Å²) in [7, 11) is 0. The predicted molar refractivity (Wildman–Crippen MR) is 94.8 cm³/mol. The van der Waals surface area contributed by atoms with Crippen LogP contribution in [0.15, 0.2) is 0 Å². The van der Waals surface area contributed by atoms with E-state index in [-0.39, 0.29) is 29.6 Å². The largest absolute Gasteiger partial charge is 0.375 e. The Hall–Kier alpha value is -0.200. The molecule has 0 aromatic carbocycles. The van der Waals surface area contributed by atoms with Crippen molar-refractivity contribution >= 4 is 0 Å². The lowest BCUT2D eigenvalue weighted by atomic mass is 9.64. The van der Waals surface area contributed by atoms with Crippen molar-refractivity contribution in [3.8, 4) is 0 Å². The summed E-state index contributed by atoms with van der Waals surface area (Å²) in [5.41, 5.74) is -0.0907. The van der Waals surface area contributed by atoms with Gasteiger partial charge in [0.1, 0.15) is 6.61 Å². The van der Waals surface area contributed by atoms with E-state index >= 15 is 0 Å². The van der Waals surface area contributed by atoms with E-state index in [0.29, 0.717) is 17.8 Å². The van der Waals surface area contributed by atoms with E-state index in [1.807, 2.05) is 6.92 Å². The van der Waals surface area contributed by atoms with Gasteiger partial charge in [-0.05, 0) is 43.4 Å². The Balaban J connectivity index is 1.49. The molecular formula is C20H36O5. The normalized spacial score (nSPS) is 41.3. The van der Waals surface area contributed by atoms with Gasteiger partial charge >= 0.3 is 0 Å². The Morgan fingerprint density at radius 3 is 2.68 bits per heavy atom. The summed E-state index contributed by atoms with van der Waals surface area (Å²) >= 11 is 0. The number of hydrogen-bond acceptors (Lipinski definition) is 5. The fraction of sp³-hybridized carbons (Fsp3) is 1.00. The van der Waals surface area contributed by atoms with Crippen molar-refractivity contribution in [1.29, 1.82) is 0 Å². The second kappa shape index (κ2) is 7.08. The minimum atomic E-state index is -1.02. The van der Waals surface area contributed by atoms with Crippen molar-refractivity contribution in [2.45, 2.75) is 85.1 Å². The molecule has 2 saturated carbocycles. The molecular weight excluding hydrogens is 320 g/mol. The Morgan fingerprint density at radius 2 is 2.04 bits per heavy atom. The SMILES string of the molecule is CCC(C)(CC(C)C)C(O)OCC(O)OC1C2OCCC3CC31C2C. The zero-order valence-electron chi connectivity index (χ0n) is 16.4. The zero-order valence-corrected chi connectivity index (χ0v) is 16.4. The molecule has 8 atom stereocenters. The van der Waals surface area contributed by atoms with Gasteiger partial charge in [-0.15, -0.1) is 0 Å². The van der Waals surface area contributed by atoms with Crippen molar-refractivity contribution in [3.63, 3.8) is 0 Å². The molecule has 0 radical (unpaired) electrons. The van der Waals surface area contributed by atoms with Gasteiger partial charge in [-0.1, -0.05) is 34.6 Å². The van der Waals surface area contributed by atoms with Crippen LogP contribution in [0.4, 0.5) is 0 Å². The van der Waals surface area contributed by atoms with Crippen molar-refractivity contribution in [2.24, 2.45) is 28.6 Å². The highest BCUT2D eigenvalue weighted by molar-refractivity contribution is 5.22. The van der Waals surface area contributed by atoms with E-state index in [1.165, 1.54) is 6.42 Å². The van der Waals surface area contributed by atoms with Crippen LogP contribution in [0.3, 0.4) is 0 Å². The lowest BCUT2D eigenvalue weighted by molar-refractivity contribution is -0.284. The van der Waals surface area contributed by atoms with Gasteiger partial charge in [0.25, 0.3) is 0 Å². The van der Waals surface area contributed by atoms with Crippen LogP contribution in [0.2, 0.25) is 0 Å². The van der Waals surface area contributed by atoms with Gasteiger partial charge < -0.3 is 24.4 Å². The Morgan fingerprint density at radius 1 is 1.32 bits per heavy atom. The summed E-state index contributed by atoms with van der Waals surface area (Å²) < 4.78 is 17.4. The maximum absolute atomic E-state index is 10.5. The van der Waals surface area contributed by atoms with Gasteiger partial charge in [-0.3, -0.25) is 0 Å². The van der Waals surface area contributed by atoms with Crippen LogP contribution in [-0.2, 0) is 14.2 Å². The molecule has 4 aliphatic rings. The first kappa shape index (κ1) is 19.6. The van der Waals surface area contributed by atoms with E-state index in [0.717, 1.165) is 25.9 Å². The summed E-state index contributed by atoms with van der Waals surface area (Å²) in [6.45, 7) is 11.4. The highest BCUT2D eigenvalue weighted by Gasteiger charge is 2.75.